The van der Waals surface area contributed by atoms with Gasteiger partial charge in [-0.05, 0) is 12.1 Å². The summed E-state index contributed by atoms with van der Waals surface area (Å²) in [6.45, 7) is 0. The predicted molar refractivity (Wildman–Crippen MR) is 42.3 cm³/mol. The number of fused-ring (bicyclic) bond motifs is 1. The van der Waals surface area contributed by atoms with E-state index < -0.39 is 0 Å². The Morgan fingerprint density at radius 2 is 2.18 bits per heavy atom. The van der Waals surface area contributed by atoms with Gasteiger partial charge in [0.1, 0.15) is 6.33 Å². The molecular formula is C8H6N3. The molecule has 0 aliphatic heterocycles. The third-order valence-electron chi connectivity index (χ3n) is 1.55. The van der Waals surface area contributed by atoms with Crippen LogP contribution in [0, 0.1) is 0 Å². The van der Waals surface area contributed by atoms with Crippen molar-refractivity contribution in [2.45, 2.75) is 0 Å². The molecule has 2 rings (SSSR count). The summed E-state index contributed by atoms with van der Waals surface area (Å²) in [6.07, 6.45) is 3.15. The highest BCUT2D eigenvalue weighted by Crippen LogP contribution is 2.17. The van der Waals surface area contributed by atoms with Crippen LogP contribution in [0.2, 0.25) is 0 Å². The number of rotatable bonds is 0. The average Bonchev–Trinajstić information content (AvgIpc) is 2.06. The van der Waals surface area contributed by atoms with Crippen LogP contribution in [0.25, 0.3) is 10.9 Å². The molecule has 0 fully saturated rings. The molecule has 11 heavy (non-hydrogen) atoms. The number of nitrogens with zero attached hydrogens (tertiary/aromatic N) is 2. The minimum Gasteiger partial charge on any atom is -0.300 e. The maximum atomic E-state index is 7.48. The van der Waals surface area contributed by atoms with E-state index in [1.54, 1.807) is 12.3 Å². The molecule has 1 N–H and O–H groups in total. The smallest absolute Gasteiger partial charge is 0.116 e. The van der Waals surface area contributed by atoms with Crippen molar-refractivity contribution in [3.8, 4) is 0 Å². The molecule has 1 aromatic carbocycles. The van der Waals surface area contributed by atoms with Gasteiger partial charge in [0.2, 0.25) is 0 Å². The lowest BCUT2D eigenvalue weighted by molar-refractivity contribution is 1.22. The highest BCUT2D eigenvalue weighted by atomic mass is 14.8. The van der Waals surface area contributed by atoms with E-state index in [9.17, 15) is 0 Å². The normalized spacial score (nSPS) is 10.2. The Hall–Kier alpha value is -1.64. The fourth-order valence-electron chi connectivity index (χ4n) is 1.00. The molecule has 0 bridgehead atoms. The first-order valence-corrected chi connectivity index (χ1v) is 3.28. The maximum absolute atomic E-state index is 7.48. The van der Waals surface area contributed by atoms with Crippen molar-refractivity contribution < 1.29 is 0 Å². The summed E-state index contributed by atoms with van der Waals surface area (Å²) in [5.41, 5.74) is 8.79. The van der Waals surface area contributed by atoms with Crippen LogP contribution in [0.1, 0.15) is 0 Å². The van der Waals surface area contributed by atoms with E-state index in [1.165, 1.54) is 6.33 Å². The van der Waals surface area contributed by atoms with Crippen molar-refractivity contribution in [1.29, 1.82) is 0 Å². The molecule has 53 valence electrons. The second-order valence-corrected chi connectivity index (χ2v) is 2.26. The number of hydrogen-bond acceptors (Lipinski definition) is 2. The molecule has 0 saturated carbocycles. The minimum atomic E-state index is 0.475. The van der Waals surface area contributed by atoms with E-state index in [1.807, 2.05) is 12.1 Å². The standard InChI is InChI=1S/C8H6N3/c9-7-2-1-3-8-6(7)4-10-5-11-8/h1-5,9H. The van der Waals surface area contributed by atoms with Crippen LogP contribution in [0.4, 0.5) is 5.69 Å². The highest BCUT2D eigenvalue weighted by Gasteiger charge is 1.95. The summed E-state index contributed by atoms with van der Waals surface area (Å²) >= 11 is 0. The zero-order chi connectivity index (χ0) is 7.68. The quantitative estimate of drug-likeness (QED) is 0.563. The molecule has 0 saturated heterocycles. The lowest BCUT2D eigenvalue weighted by Crippen LogP contribution is -1.81. The number of aromatic nitrogens is 2. The van der Waals surface area contributed by atoms with E-state index in [2.05, 4.69) is 9.97 Å². The molecule has 2 aromatic rings. The molecule has 0 aliphatic carbocycles. The summed E-state index contributed by atoms with van der Waals surface area (Å²) in [5.74, 6) is 0. The van der Waals surface area contributed by atoms with Gasteiger partial charge in [-0.2, -0.15) is 0 Å². The zero-order valence-corrected chi connectivity index (χ0v) is 5.78. The van der Waals surface area contributed by atoms with Crippen molar-refractivity contribution in [3.63, 3.8) is 0 Å². The first-order chi connectivity index (χ1) is 5.38. The van der Waals surface area contributed by atoms with Crippen LogP contribution < -0.4 is 5.73 Å². The minimum absolute atomic E-state index is 0.475. The SMILES string of the molecule is [NH]c1cccc2ncncc12. The molecule has 0 spiro atoms. The van der Waals surface area contributed by atoms with Crippen LogP contribution in [-0.4, -0.2) is 9.97 Å². The largest absolute Gasteiger partial charge is 0.300 e. The molecule has 0 amide bonds. The van der Waals surface area contributed by atoms with Gasteiger partial charge in [0.25, 0.3) is 0 Å². The fourth-order valence-corrected chi connectivity index (χ4v) is 1.00. The van der Waals surface area contributed by atoms with Gasteiger partial charge in [-0.3, -0.25) is 0 Å². The summed E-state index contributed by atoms with van der Waals surface area (Å²) in [5, 5.41) is 0.801. The van der Waals surface area contributed by atoms with Gasteiger partial charge >= 0.3 is 0 Å². The predicted octanol–water partition coefficient (Wildman–Crippen LogP) is 1.54. The highest BCUT2D eigenvalue weighted by molar-refractivity contribution is 5.87. The van der Waals surface area contributed by atoms with Gasteiger partial charge in [0, 0.05) is 11.6 Å². The van der Waals surface area contributed by atoms with E-state index in [-0.39, 0.29) is 0 Å². The van der Waals surface area contributed by atoms with Crippen molar-refractivity contribution in [1.82, 2.24) is 15.7 Å². The van der Waals surface area contributed by atoms with Crippen molar-refractivity contribution in [2.75, 3.05) is 0 Å². The molecule has 3 nitrogen and oxygen atoms in total. The molecule has 0 unspecified atom stereocenters. The monoisotopic (exact) mass is 144 g/mol. The molecule has 1 aromatic heterocycles. The Morgan fingerprint density at radius 3 is 3.00 bits per heavy atom. The van der Waals surface area contributed by atoms with Crippen molar-refractivity contribution in [3.05, 3.63) is 30.7 Å². The van der Waals surface area contributed by atoms with Crippen LogP contribution in [0.3, 0.4) is 0 Å². The third-order valence-corrected chi connectivity index (χ3v) is 1.55. The number of benzene rings is 1. The number of nitrogens with one attached hydrogen (secondary N) is 1. The average molecular weight is 144 g/mol. The van der Waals surface area contributed by atoms with Gasteiger partial charge < -0.3 is 5.73 Å². The Bertz CT molecular complexity index is 378. The number of hydrogen-bond donors (Lipinski definition) is 0. The zero-order valence-electron chi connectivity index (χ0n) is 5.78. The Labute approximate surface area is 63.9 Å². The Balaban J connectivity index is 2.91. The van der Waals surface area contributed by atoms with E-state index >= 15 is 0 Å². The van der Waals surface area contributed by atoms with Crippen LogP contribution in [0.5, 0.6) is 0 Å². The van der Waals surface area contributed by atoms with Gasteiger partial charge in [0.05, 0.1) is 11.2 Å². The summed E-state index contributed by atoms with van der Waals surface area (Å²) in [6, 6.07) is 5.42. The molecular weight excluding hydrogens is 138 g/mol. The van der Waals surface area contributed by atoms with E-state index in [4.69, 9.17) is 5.73 Å². The molecule has 1 heterocycles. The van der Waals surface area contributed by atoms with Crippen LogP contribution in [0.15, 0.2) is 30.7 Å². The molecule has 1 radical (unpaired) electrons. The molecule has 0 aliphatic rings. The first kappa shape index (κ1) is 6.09. The van der Waals surface area contributed by atoms with Crippen LogP contribution >= 0.6 is 0 Å². The van der Waals surface area contributed by atoms with Gasteiger partial charge in [-0.25, -0.2) is 9.97 Å². The van der Waals surface area contributed by atoms with E-state index in [0.29, 0.717) is 5.69 Å². The second kappa shape index (κ2) is 2.20. The van der Waals surface area contributed by atoms with E-state index in [0.717, 1.165) is 10.9 Å². The summed E-state index contributed by atoms with van der Waals surface area (Å²) < 4.78 is 0. The Kier molecular flexibility index (Phi) is 1.22. The molecule has 3 heteroatoms. The van der Waals surface area contributed by atoms with Gasteiger partial charge in [-0.15, -0.1) is 0 Å². The fraction of sp³-hybridized carbons (Fsp3) is 0. The summed E-state index contributed by atoms with van der Waals surface area (Å²) in [4.78, 5) is 7.85. The topological polar surface area (TPSA) is 49.6 Å². The van der Waals surface area contributed by atoms with Crippen molar-refractivity contribution >= 4 is 16.6 Å². The summed E-state index contributed by atoms with van der Waals surface area (Å²) in [7, 11) is 0. The lowest BCUT2D eigenvalue weighted by Gasteiger charge is -1.96. The van der Waals surface area contributed by atoms with Gasteiger partial charge in [-0.1, -0.05) is 6.07 Å². The molecule has 0 atom stereocenters. The van der Waals surface area contributed by atoms with Gasteiger partial charge in [0.15, 0.2) is 0 Å². The maximum Gasteiger partial charge on any atom is 0.116 e. The Morgan fingerprint density at radius 1 is 1.27 bits per heavy atom. The second-order valence-electron chi connectivity index (χ2n) is 2.26. The first-order valence-electron chi connectivity index (χ1n) is 3.28. The van der Waals surface area contributed by atoms with Crippen LogP contribution in [-0.2, 0) is 0 Å². The lowest BCUT2D eigenvalue weighted by atomic mass is 10.2. The van der Waals surface area contributed by atoms with Crippen molar-refractivity contribution in [2.24, 2.45) is 0 Å². The third kappa shape index (κ3) is 0.902.